The molecule has 2 amide bonds. The van der Waals surface area contributed by atoms with Gasteiger partial charge in [0.25, 0.3) is 0 Å². The Hall–Kier alpha value is -3.03. The molecule has 31 heavy (non-hydrogen) atoms. The molecule has 1 aliphatic heterocycles. The second-order valence-electron chi connectivity index (χ2n) is 8.53. The summed E-state index contributed by atoms with van der Waals surface area (Å²) in [4.78, 5) is 27.1. The van der Waals surface area contributed by atoms with Gasteiger partial charge in [0.1, 0.15) is 11.6 Å². The van der Waals surface area contributed by atoms with E-state index in [-0.39, 0.29) is 36.2 Å². The molecule has 2 fully saturated rings. The Labute approximate surface area is 177 Å². The molecule has 0 radical (unpaired) electrons. The number of carbonyl (C=O) groups is 2. The molecule has 0 saturated heterocycles. The number of halogens is 3. The lowest BCUT2D eigenvalue weighted by atomic mass is 9.69. The molecule has 2 aliphatic carbocycles. The molecule has 2 aromatic rings. The number of ether oxygens (including phenoxy) is 1. The highest BCUT2D eigenvalue weighted by molar-refractivity contribution is 6.09. The molecule has 1 spiro atoms. The van der Waals surface area contributed by atoms with Gasteiger partial charge in [-0.25, -0.2) is 18.0 Å². The van der Waals surface area contributed by atoms with Gasteiger partial charge in [-0.3, -0.25) is 10.1 Å². The average Bonchev–Trinajstić information content (AvgIpc) is 3.52. The standard InChI is InChI=1S/C23H21F3N2O3/c24-18-13-14(27-21(30)31-16-4-2-1-3-5-16)12-17-19(18)28(15-6-7-15)20(29)22(17)8-10-23(25,26)11-9-22/h1-5,12-13,15H,6-11H2,(H,27,30). The number of rotatable bonds is 3. The van der Waals surface area contributed by atoms with Gasteiger partial charge in [0, 0.05) is 24.6 Å². The topological polar surface area (TPSA) is 58.6 Å². The third-order valence-electron chi connectivity index (χ3n) is 6.40. The zero-order valence-electron chi connectivity index (χ0n) is 16.7. The van der Waals surface area contributed by atoms with E-state index in [2.05, 4.69) is 5.32 Å². The van der Waals surface area contributed by atoms with Gasteiger partial charge in [-0.2, -0.15) is 0 Å². The maximum Gasteiger partial charge on any atom is 0.417 e. The molecule has 162 valence electrons. The number of nitrogens with zero attached hydrogens (tertiary/aromatic N) is 1. The van der Waals surface area contributed by atoms with Gasteiger partial charge >= 0.3 is 6.09 Å². The summed E-state index contributed by atoms with van der Waals surface area (Å²) in [6.45, 7) is 0. The second kappa shape index (κ2) is 7.00. The van der Waals surface area contributed by atoms with Crippen LogP contribution in [0.1, 0.15) is 44.1 Å². The highest BCUT2D eigenvalue weighted by Crippen LogP contribution is 2.56. The van der Waals surface area contributed by atoms with E-state index in [4.69, 9.17) is 4.74 Å². The van der Waals surface area contributed by atoms with Crippen molar-refractivity contribution in [2.24, 2.45) is 0 Å². The molecular formula is C23H21F3N2O3. The van der Waals surface area contributed by atoms with Gasteiger partial charge in [0.2, 0.25) is 11.8 Å². The van der Waals surface area contributed by atoms with Crippen molar-refractivity contribution in [2.45, 2.75) is 55.9 Å². The van der Waals surface area contributed by atoms with Crippen LogP contribution in [0.5, 0.6) is 5.75 Å². The van der Waals surface area contributed by atoms with E-state index in [1.54, 1.807) is 30.3 Å². The predicted molar refractivity (Wildman–Crippen MR) is 108 cm³/mol. The largest absolute Gasteiger partial charge is 0.417 e. The fourth-order valence-corrected chi connectivity index (χ4v) is 4.67. The molecule has 1 N–H and O–H groups in total. The molecule has 1 heterocycles. The van der Waals surface area contributed by atoms with E-state index in [0.29, 0.717) is 11.3 Å². The van der Waals surface area contributed by atoms with Crippen LogP contribution < -0.4 is 15.0 Å². The van der Waals surface area contributed by atoms with Crippen molar-refractivity contribution in [3.05, 3.63) is 53.8 Å². The summed E-state index contributed by atoms with van der Waals surface area (Å²) in [5, 5.41) is 2.49. The van der Waals surface area contributed by atoms with Crippen LogP contribution in [0.2, 0.25) is 0 Å². The van der Waals surface area contributed by atoms with Gasteiger partial charge in [-0.1, -0.05) is 18.2 Å². The summed E-state index contributed by atoms with van der Waals surface area (Å²) in [7, 11) is 0. The van der Waals surface area contributed by atoms with Crippen LogP contribution in [0.4, 0.5) is 29.3 Å². The van der Waals surface area contributed by atoms with Gasteiger partial charge < -0.3 is 9.64 Å². The second-order valence-corrected chi connectivity index (χ2v) is 8.53. The van der Waals surface area contributed by atoms with Crippen LogP contribution in [0, 0.1) is 5.82 Å². The lowest BCUT2D eigenvalue weighted by Crippen LogP contribution is -2.45. The first-order valence-electron chi connectivity index (χ1n) is 10.4. The minimum Gasteiger partial charge on any atom is -0.410 e. The predicted octanol–water partition coefficient (Wildman–Crippen LogP) is 5.39. The zero-order chi connectivity index (χ0) is 21.8. The quantitative estimate of drug-likeness (QED) is 0.710. The Morgan fingerprint density at radius 1 is 1.06 bits per heavy atom. The molecule has 0 atom stereocenters. The van der Waals surface area contributed by atoms with Gasteiger partial charge in [0.05, 0.1) is 11.1 Å². The first-order valence-corrected chi connectivity index (χ1v) is 10.4. The lowest BCUT2D eigenvalue weighted by molar-refractivity contribution is -0.128. The van der Waals surface area contributed by atoms with Crippen LogP contribution in [0.15, 0.2) is 42.5 Å². The Bertz CT molecular complexity index is 1040. The zero-order valence-corrected chi connectivity index (χ0v) is 16.7. The fraction of sp³-hybridized carbons (Fsp3) is 0.391. The average molecular weight is 430 g/mol. The van der Waals surface area contributed by atoms with Gasteiger partial charge in [-0.05, 0) is 55.5 Å². The number of nitrogens with one attached hydrogen (secondary N) is 1. The number of amides is 2. The summed E-state index contributed by atoms with van der Waals surface area (Å²) in [5.41, 5.74) is -0.504. The number of hydrogen-bond acceptors (Lipinski definition) is 3. The minimum absolute atomic E-state index is 0.0492. The van der Waals surface area contributed by atoms with Crippen molar-refractivity contribution in [1.29, 1.82) is 0 Å². The van der Waals surface area contributed by atoms with Crippen LogP contribution in [-0.4, -0.2) is 24.0 Å². The Morgan fingerprint density at radius 3 is 2.39 bits per heavy atom. The van der Waals surface area contributed by atoms with E-state index in [0.717, 1.165) is 18.9 Å². The summed E-state index contributed by atoms with van der Waals surface area (Å²) >= 11 is 0. The van der Waals surface area contributed by atoms with Gasteiger partial charge in [-0.15, -0.1) is 0 Å². The smallest absolute Gasteiger partial charge is 0.410 e. The monoisotopic (exact) mass is 430 g/mol. The first-order chi connectivity index (χ1) is 14.8. The molecule has 0 bridgehead atoms. The molecule has 8 heteroatoms. The van der Waals surface area contributed by atoms with Crippen LogP contribution in [-0.2, 0) is 10.2 Å². The van der Waals surface area contributed by atoms with E-state index in [1.807, 2.05) is 0 Å². The van der Waals surface area contributed by atoms with E-state index in [9.17, 15) is 18.4 Å². The number of para-hydroxylation sites is 1. The highest BCUT2D eigenvalue weighted by Gasteiger charge is 2.58. The van der Waals surface area contributed by atoms with E-state index < -0.39 is 36.1 Å². The summed E-state index contributed by atoms with van der Waals surface area (Å²) < 4.78 is 48.1. The molecule has 3 aliphatic rings. The summed E-state index contributed by atoms with van der Waals surface area (Å²) in [5.74, 6) is -3.46. The van der Waals surface area contributed by atoms with Crippen molar-refractivity contribution in [1.82, 2.24) is 0 Å². The SMILES string of the molecule is O=C(Nc1cc(F)c2c(c1)C1(CCC(F)(F)CC1)C(=O)N2C1CC1)Oc1ccccc1. The first kappa shape index (κ1) is 19.9. The Balaban J connectivity index is 1.48. The van der Waals surface area contributed by atoms with E-state index >= 15 is 4.39 Å². The molecule has 2 saturated carbocycles. The number of benzene rings is 2. The van der Waals surface area contributed by atoms with Crippen molar-refractivity contribution < 1.29 is 27.5 Å². The maximum absolute atomic E-state index is 15.2. The number of hydrogen-bond donors (Lipinski definition) is 1. The third-order valence-corrected chi connectivity index (χ3v) is 6.40. The van der Waals surface area contributed by atoms with Crippen LogP contribution >= 0.6 is 0 Å². The molecular weight excluding hydrogens is 409 g/mol. The van der Waals surface area contributed by atoms with Crippen LogP contribution in [0.3, 0.4) is 0 Å². The lowest BCUT2D eigenvalue weighted by Gasteiger charge is -2.36. The number of fused-ring (bicyclic) bond motifs is 2. The summed E-state index contributed by atoms with van der Waals surface area (Å²) in [6, 6.07) is 11.0. The normalized spacial score (nSPS) is 21.1. The molecule has 2 aromatic carbocycles. The molecule has 5 rings (SSSR count). The molecule has 0 aromatic heterocycles. The number of carbonyl (C=O) groups excluding carboxylic acids is 2. The van der Waals surface area contributed by atoms with Crippen molar-refractivity contribution in [3.8, 4) is 5.75 Å². The Kier molecular flexibility index (Phi) is 4.50. The fourth-order valence-electron chi connectivity index (χ4n) is 4.67. The third kappa shape index (κ3) is 3.43. The Morgan fingerprint density at radius 2 is 1.74 bits per heavy atom. The highest BCUT2D eigenvalue weighted by atomic mass is 19.3. The number of alkyl halides is 2. The van der Waals surface area contributed by atoms with Crippen LogP contribution in [0.25, 0.3) is 0 Å². The van der Waals surface area contributed by atoms with Gasteiger partial charge in [0.15, 0.2) is 0 Å². The van der Waals surface area contributed by atoms with Crippen molar-refractivity contribution in [2.75, 3.05) is 10.2 Å². The summed E-state index contributed by atoms with van der Waals surface area (Å²) in [6.07, 6.45) is -0.227. The maximum atomic E-state index is 15.2. The van der Waals surface area contributed by atoms with Crippen molar-refractivity contribution >= 4 is 23.4 Å². The van der Waals surface area contributed by atoms with Crippen molar-refractivity contribution in [3.63, 3.8) is 0 Å². The van der Waals surface area contributed by atoms with E-state index in [1.165, 1.54) is 11.0 Å². The number of anilines is 2. The molecule has 5 nitrogen and oxygen atoms in total. The minimum atomic E-state index is -2.83. The molecule has 0 unspecified atom stereocenters.